The lowest BCUT2D eigenvalue weighted by Crippen LogP contribution is -2.28. The fourth-order valence-corrected chi connectivity index (χ4v) is 2.28. The second-order valence-corrected chi connectivity index (χ2v) is 5.03. The fourth-order valence-electron chi connectivity index (χ4n) is 2.28. The highest BCUT2D eigenvalue weighted by Gasteiger charge is 2.47. The number of esters is 1. The zero-order valence-corrected chi connectivity index (χ0v) is 11.8. The summed E-state index contributed by atoms with van der Waals surface area (Å²) in [6.45, 7) is 10.2. The predicted molar refractivity (Wildman–Crippen MR) is 67.9 cm³/mol. The lowest BCUT2D eigenvalue weighted by atomic mass is 9.76. The first-order valence-corrected chi connectivity index (χ1v) is 6.40. The molecule has 1 atom stereocenters. The van der Waals surface area contributed by atoms with E-state index in [1.54, 1.807) is 6.92 Å². The second-order valence-electron chi connectivity index (χ2n) is 5.03. The summed E-state index contributed by atoms with van der Waals surface area (Å²) >= 11 is 0. The van der Waals surface area contributed by atoms with Crippen molar-refractivity contribution >= 4 is 11.8 Å². The molecule has 4 heteroatoms. The number of ketones is 1. The topological polar surface area (TPSA) is 52.6 Å². The van der Waals surface area contributed by atoms with E-state index in [1.165, 1.54) is 0 Å². The molecular formula is C14H22O4. The third-order valence-electron chi connectivity index (χ3n) is 3.68. The SMILES string of the molecule is CCOC(=O)CC1C(=O)C(OCC)=C(C)C1(C)C. The summed E-state index contributed by atoms with van der Waals surface area (Å²) in [5, 5.41) is 0. The van der Waals surface area contributed by atoms with Crippen LogP contribution in [0.5, 0.6) is 0 Å². The molecule has 0 bridgehead atoms. The quantitative estimate of drug-likeness (QED) is 0.707. The number of allylic oxidation sites excluding steroid dienone is 2. The lowest BCUT2D eigenvalue weighted by molar-refractivity contribution is -0.146. The van der Waals surface area contributed by atoms with Crippen molar-refractivity contribution in [1.29, 1.82) is 0 Å². The van der Waals surface area contributed by atoms with Gasteiger partial charge in [-0.2, -0.15) is 0 Å². The van der Waals surface area contributed by atoms with Crippen LogP contribution in [-0.2, 0) is 19.1 Å². The van der Waals surface area contributed by atoms with E-state index in [9.17, 15) is 9.59 Å². The summed E-state index contributed by atoms with van der Waals surface area (Å²) in [7, 11) is 0. The summed E-state index contributed by atoms with van der Waals surface area (Å²) in [5.41, 5.74) is 0.567. The van der Waals surface area contributed by atoms with Gasteiger partial charge in [0.2, 0.25) is 5.78 Å². The van der Waals surface area contributed by atoms with Gasteiger partial charge in [-0.05, 0) is 26.3 Å². The molecule has 0 aromatic heterocycles. The number of rotatable bonds is 5. The van der Waals surface area contributed by atoms with Crippen molar-refractivity contribution in [3.63, 3.8) is 0 Å². The van der Waals surface area contributed by atoms with Crippen molar-refractivity contribution in [2.45, 2.75) is 41.0 Å². The minimum Gasteiger partial charge on any atom is -0.490 e. The van der Waals surface area contributed by atoms with Gasteiger partial charge in [0.15, 0.2) is 5.76 Å². The standard InChI is InChI=1S/C14H22O4/c1-6-17-11(15)8-10-12(16)13(18-7-2)9(3)14(10,4)5/h10H,6-8H2,1-5H3. The van der Waals surface area contributed by atoms with Crippen molar-refractivity contribution in [2.75, 3.05) is 13.2 Å². The molecule has 1 aliphatic rings. The van der Waals surface area contributed by atoms with E-state index in [2.05, 4.69) is 0 Å². The largest absolute Gasteiger partial charge is 0.490 e. The van der Waals surface area contributed by atoms with Gasteiger partial charge in [0.05, 0.1) is 19.6 Å². The van der Waals surface area contributed by atoms with Crippen molar-refractivity contribution in [2.24, 2.45) is 11.3 Å². The molecule has 0 aliphatic heterocycles. The summed E-state index contributed by atoms with van der Waals surface area (Å²) in [6.07, 6.45) is 0.119. The van der Waals surface area contributed by atoms with E-state index in [1.807, 2.05) is 27.7 Å². The fraction of sp³-hybridized carbons (Fsp3) is 0.714. The molecule has 0 aromatic rings. The van der Waals surface area contributed by atoms with Crippen LogP contribution in [-0.4, -0.2) is 25.0 Å². The molecule has 0 N–H and O–H groups in total. The molecule has 102 valence electrons. The van der Waals surface area contributed by atoms with E-state index in [4.69, 9.17) is 9.47 Å². The molecule has 18 heavy (non-hydrogen) atoms. The van der Waals surface area contributed by atoms with Gasteiger partial charge in [-0.1, -0.05) is 13.8 Å². The van der Waals surface area contributed by atoms with Crippen molar-refractivity contribution < 1.29 is 19.1 Å². The molecule has 0 heterocycles. The first-order chi connectivity index (χ1) is 8.36. The van der Waals surface area contributed by atoms with E-state index < -0.39 is 0 Å². The first kappa shape index (κ1) is 14.7. The molecule has 0 radical (unpaired) electrons. The maximum atomic E-state index is 12.3. The van der Waals surface area contributed by atoms with Gasteiger partial charge in [0.1, 0.15) is 0 Å². The van der Waals surface area contributed by atoms with Crippen LogP contribution in [0.15, 0.2) is 11.3 Å². The normalized spacial score (nSPS) is 22.3. The molecule has 4 nitrogen and oxygen atoms in total. The zero-order valence-electron chi connectivity index (χ0n) is 11.8. The second kappa shape index (κ2) is 5.55. The summed E-state index contributed by atoms with van der Waals surface area (Å²) in [4.78, 5) is 23.8. The number of ether oxygens (including phenoxy) is 2. The summed E-state index contributed by atoms with van der Waals surface area (Å²) < 4.78 is 10.3. The maximum absolute atomic E-state index is 12.3. The number of carbonyl (C=O) groups is 2. The molecule has 0 amide bonds. The number of Topliss-reactive ketones (excluding diaryl/α,β-unsaturated/α-hetero) is 1. The monoisotopic (exact) mass is 254 g/mol. The smallest absolute Gasteiger partial charge is 0.306 e. The molecule has 0 saturated heterocycles. The van der Waals surface area contributed by atoms with Gasteiger partial charge in [-0.3, -0.25) is 9.59 Å². The van der Waals surface area contributed by atoms with Gasteiger partial charge in [-0.15, -0.1) is 0 Å². The molecule has 0 fully saturated rings. The number of hydrogen-bond acceptors (Lipinski definition) is 4. The molecule has 0 aromatic carbocycles. The van der Waals surface area contributed by atoms with Crippen LogP contribution in [0.1, 0.15) is 41.0 Å². The minimum absolute atomic E-state index is 0.0765. The van der Waals surface area contributed by atoms with E-state index in [-0.39, 0.29) is 29.5 Å². The molecule has 0 spiro atoms. The van der Waals surface area contributed by atoms with Crippen molar-refractivity contribution in [3.05, 3.63) is 11.3 Å². The van der Waals surface area contributed by atoms with Crippen LogP contribution in [0.2, 0.25) is 0 Å². The van der Waals surface area contributed by atoms with Crippen LogP contribution >= 0.6 is 0 Å². The molecule has 0 saturated carbocycles. The molecule has 1 unspecified atom stereocenters. The third-order valence-corrected chi connectivity index (χ3v) is 3.68. The van der Waals surface area contributed by atoms with Crippen LogP contribution in [0.3, 0.4) is 0 Å². The number of hydrogen-bond donors (Lipinski definition) is 0. The van der Waals surface area contributed by atoms with Gasteiger partial charge in [0, 0.05) is 11.3 Å². The van der Waals surface area contributed by atoms with Crippen LogP contribution in [0.25, 0.3) is 0 Å². The highest BCUT2D eigenvalue weighted by atomic mass is 16.5. The van der Waals surface area contributed by atoms with Crippen molar-refractivity contribution in [1.82, 2.24) is 0 Å². The highest BCUT2D eigenvalue weighted by Crippen LogP contribution is 2.46. The first-order valence-electron chi connectivity index (χ1n) is 6.40. The average molecular weight is 254 g/mol. The Morgan fingerprint density at radius 1 is 1.28 bits per heavy atom. The Morgan fingerprint density at radius 2 is 1.89 bits per heavy atom. The van der Waals surface area contributed by atoms with Crippen LogP contribution in [0, 0.1) is 11.3 Å². The summed E-state index contributed by atoms with van der Waals surface area (Å²) in [6, 6.07) is 0. The highest BCUT2D eigenvalue weighted by molar-refractivity contribution is 6.01. The Balaban J connectivity index is 2.91. The molecular weight excluding hydrogens is 232 g/mol. The Hall–Kier alpha value is -1.32. The maximum Gasteiger partial charge on any atom is 0.306 e. The van der Waals surface area contributed by atoms with E-state index in [0.29, 0.717) is 19.0 Å². The van der Waals surface area contributed by atoms with Crippen LogP contribution < -0.4 is 0 Å². The zero-order chi connectivity index (χ0) is 13.9. The Morgan fingerprint density at radius 3 is 2.39 bits per heavy atom. The predicted octanol–water partition coefficient (Wildman–Crippen LogP) is 2.48. The number of carbonyl (C=O) groups excluding carboxylic acids is 2. The Kier molecular flexibility index (Phi) is 4.54. The lowest BCUT2D eigenvalue weighted by Gasteiger charge is -2.26. The van der Waals surface area contributed by atoms with E-state index >= 15 is 0 Å². The van der Waals surface area contributed by atoms with E-state index in [0.717, 1.165) is 5.57 Å². The van der Waals surface area contributed by atoms with Gasteiger partial charge in [0.25, 0.3) is 0 Å². The average Bonchev–Trinajstić information content (AvgIpc) is 2.44. The van der Waals surface area contributed by atoms with Gasteiger partial charge >= 0.3 is 5.97 Å². The minimum atomic E-state index is -0.377. The Bertz CT molecular complexity index is 379. The van der Waals surface area contributed by atoms with Crippen molar-refractivity contribution in [3.8, 4) is 0 Å². The molecule has 1 aliphatic carbocycles. The summed E-state index contributed by atoms with van der Waals surface area (Å²) in [5.74, 6) is -0.350. The van der Waals surface area contributed by atoms with Gasteiger partial charge in [-0.25, -0.2) is 0 Å². The van der Waals surface area contributed by atoms with Crippen LogP contribution in [0.4, 0.5) is 0 Å². The third kappa shape index (κ3) is 2.57. The molecule has 1 rings (SSSR count). The van der Waals surface area contributed by atoms with Gasteiger partial charge < -0.3 is 9.47 Å². The Labute approximate surface area is 108 Å².